The van der Waals surface area contributed by atoms with E-state index in [1.54, 1.807) is 18.5 Å². The van der Waals surface area contributed by atoms with Gasteiger partial charge in [-0.3, -0.25) is 9.59 Å². The molecule has 0 unspecified atom stereocenters. The molecular formula is C21H24N4O3S. The molecule has 3 rings (SSSR count). The number of amides is 1. The highest BCUT2D eigenvalue weighted by atomic mass is 32.2. The summed E-state index contributed by atoms with van der Waals surface area (Å²) in [6.45, 7) is 4.06. The normalized spacial score (nSPS) is 12.0. The Labute approximate surface area is 173 Å². The Bertz CT molecular complexity index is 1010. The Morgan fingerprint density at radius 1 is 1.17 bits per heavy atom. The van der Waals surface area contributed by atoms with Crippen molar-refractivity contribution in [1.82, 2.24) is 20.1 Å². The lowest BCUT2D eigenvalue weighted by atomic mass is 10.00. The Hall–Kier alpha value is -2.87. The van der Waals surface area contributed by atoms with Crippen molar-refractivity contribution in [2.24, 2.45) is 7.05 Å². The van der Waals surface area contributed by atoms with Crippen molar-refractivity contribution >= 4 is 34.4 Å². The lowest BCUT2D eigenvalue weighted by Gasteiger charge is -2.16. The van der Waals surface area contributed by atoms with E-state index < -0.39 is 0 Å². The predicted molar refractivity (Wildman–Crippen MR) is 113 cm³/mol. The maximum atomic E-state index is 12.5. The van der Waals surface area contributed by atoms with E-state index in [9.17, 15) is 9.59 Å². The van der Waals surface area contributed by atoms with Gasteiger partial charge in [-0.2, -0.15) is 0 Å². The first-order valence-corrected chi connectivity index (χ1v) is 10.4. The number of nitrogens with zero attached hydrogens (tertiary/aromatic N) is 3. The minimum Gasteiger partial charge on any atom is -0.466 e. The van der Waals surface area contributed by atoms with Crippen LogP contribution in [0.5, 0.6) is 0 Å². The van der Waals surface area contributed by atoms with Crippen molar-refractivity contribution in [3.8, 4) is 0 Å². The molecule has 1 atom stereocenters. The SMILES string of the molecule is CCOC(=O)Cc1nnc(SCC(=O)N[C@@H](C)c2cccc3ccccc23)n1C. The van der Waals surface area contributed by atoms with Crippen molar-refractivity contribution in [1.29, 1.82) is 0 Å². The first kappa shape index (κ1) is 20.9. The third-order valence-electron chi connectivity index (χ3n) is 4.53. The van der Waals surface area contributed by atoms with E-state index in [1.807, 2.05) is 31.2 Å². The van der Waals surface area contributed by atoms with Crippen LogP contribution in [0.4, 0.5) is 0 Å². The molecule has 8 heteroatoms. The van der Waals surface area contributed by atoms with E-state index in [0.717, 1.165) is 16.3 Å². The number of hydrogen-bond acceptors (Lipinski definition) is 6. The Kier molecular flexibility index (Phi) is 6.87. The summed E-state index contributed by atoms with van der Waals surface area (Å²) >= 11 is 1.28. The van der Waals surface area contributed by atoms with Gasteiger partial charge in [-0.05, 0) is 30.2 Å². The lowest BCUT2D eigenvalue weighted by molar-refractivity contribution is -0.142. The lowest BCUT2D eigenvalue weighted by Crippen LogP contribution is -2.28. The molecule has 0 fully saturated rings. The number of rotatable bonds is 8. The van der Waals surface area contributed by atoms with Crippen molar-refractivity contribution in [2.75, 3.05) is 12.4 Å². The quantitative estimate of drug-likeness (QED) is 0.452. The molecule has 0 bridgehead atoms. The molecule has 1 N–H and O–H groups in total. The van der Waals surface area contributed by atoms with Crippen molar-refractivity contribution in [3.63, 3.8) is 0 Å². The minimum atomic E-state index is -0.346. The van der Waals surface area contributed by atoms with Gasteiger partial charge in [-0.1, -0.05) is 54.2 Å². The maximum absolute atomic E-state index is 12.5. The monoisotopic (exact) mass is 412 g/mol. The largest absolute Gasteiger partial charge is 0.466 e. The van der Waals surface area contributed by atoms with Crippen molar-refractivity contribution in [3.05, 3.63) is 53.9 Å². The van der Waals surface area contributed by atoms with E-state index in [0.29, 0.717) is 17.6 Å². The molecule has 0 aliphatic carbocycles. The van der Waals surface area contributed by atoms with Gasteiger partial charge in [-0.15, -0.1) is 10.2 Å². The fourth-order valence-electron chi connectivity index (χ4n) is 3.08. The number of thioether (sulfide) groups is 1. The zero-order valence-corrected chi connectivity index (χ0v) is 17.5. The summed E-state index contributed by atoms with van der Waals surface area (Å²) in [6.07, 6.45) is 0.0577. The summed E-state index contributed by atoms with van der Waals surface area (Å²) in [6, 6.07) is 14.1. The van der Waals surface area contributed by atoms with E-state index in [4.69, 9.17) is 4.74 Å². The molecule has 3 aromatic rings. The molecule has 7 nitrogen and oxygen atoms in total. The smallest absolute Gasteiger partial charge is 0.313 e. The molecule has 152 valence electrons. The van der Waals surface area contributed by atoms with Gasteiger partial charge in [0.05, 0.1) is 18.4 Å². The first-order valence-electron chi connectivity index (χ1n) is 9.43. The van der Waals surface area contributed by atoms with Gasteiger partial charge in [0.15, 0.2) is 5.16 Å². The Balaban J connectivity index is 1.59. The third kappa shape index (κ3) is 5.14. The number of carbonyl (C=O) groups excluding carboxylic acids is 2. The van der Waals surface area contributed by atoms with Gasteiger partial charge in [-0.25, -0.2) is 0 Å². The molecule has 1 aromatic heterocycles. The fraction of sp³-hybridized carbons (Fsp3) is 0.333. The van der Waals surface area contributed by atoms with Crippen LogP contribution in [0.15, 0.2) is 47.6 Å². The highest BCUT2D eigenvalue weighted by Gasteiger charge is 2.16. The molecule has 0 aliphatic rings. The summed E-state index contributed by atoms with van der Waals surface area (Å²) < 4.78 is 6.64. The van der Waals surface area contributed by atoms with Crippen LogP contribution >= 0.6 is 11.8 Å². The molecule has 29 heavy (non-hydrogen) atoms. The third-order valence-corrected chi connectivity index (χ3v) is 5.55. The summed E-state index contributed by atoms with van der Waals surface area (Å²) in [7, 11) is 1.77. The average Bonchev–Trinajstić information content (AvgIpc) is 3.05. The molecule has 1 heterocycles. The van der Waals surface area contributed by atoms with Gasteiger partial charge in [0.25, 0.3) is 0 Å². The maximum Gasteiger partial charge on any atom is 0.313 e. The van der Waals surface area contributed by atoms with Crippen LogP contribution in [0.2, 0.25) is 0 Å². The number of esters is 1. The summed E-state index contributed by atoms with van der Waals surface area (Å²) in [5.74, 6) is 0.280. The number of ether oxygens (including phenoxy) is 1. The van der Waals surface area contributed by atoms with E-state index in [2.05, 4.69) is 33.7 Å². The van der Waals surface area contributed by atoms with E-state index >= 15 is 0 Å². The van der Waals surface area contributed by atoms with Crippen LogP contribution < -0.4 is 5.32 Å². The van der Waals surface area contributed by atoms with Gasteiger partial charge < -0.3 is 14.6 Å². The van der Waals surface area contributed by atoms with Crippen LogP contribution in [0.3, 0.4) is 0 Å². The number of hydrogen-bond donors (Lipinski definition) is 1. The molecule has 0 spiro atoms. The minimum absolute atomic E-state index is 0.0577. The zero-order chi connectivity index (χ0) is 20.8. The van der Waals surface area contributed by atoms with Crippen LogP contribution in [0, 0.1) is 0 Å². The number of nitrogens with one attached hydrogen (secondary N) is 1. The molecule has 0 saturated carbocycles. The fourth-order valence-corrected chi connectivity index (χ4v) is 3.83. The number of benzene rings is 2. The predicted octanol–water partition coefficient (Wildman–Crippen LogP) is 3.04. The summed E-state index contributed by atoms with van der Waals surface area (Å²) in [4.78, 5) is 24.1. The topological polar surface area (TPSA) is 86.1 Å². The molecule has 0 aliphatic heterocycles. The van der Waals surface area contributed by atoms with Crippen molar-refractivity contribution in [2.45, 2.75) is 31.5 Å². The Morgan fingerprint density at radius 2 is 1.93 bits per heavy atom. The van der Waals surface area contributed by atoms with E-state index in [-0.39, 0.29) is 30.1 Å². The summed E-state index contributed by atoms with van der Waals surface area (Å²) in [5.41, 5.74) is 1.08. The summed E-state index contributed by atoms with van der Waals surface area (Å²) in [5, 5.41) is 14.0. The second-order valence-electron chi connectivity index (χ2n) is 6.59. The number of aromatic nitrogens is 3. The molecule has 0 saturated heterocycles. The second-order valence-corrected chi connectivity index (χ2v) is 7.53. The Morgan fingerprint density at radius 3 is 2.72 bits per heavy atom. The van der Waals surface area contributed by atoms with E-state index in [1.165, 1.54) is 11.8 Å². The van der Waals surface area contributed by atoms with Gasteiger partial charge in [0.1, 0.15) is 12.2 Å². The average molecular weight is 413 g/mol. The number of fused-ring (bicyclic) bond motifs is 1. The van der Waals surface area contributed by atoms with Crippen LogP contribution in [0.25, 0.3) is 10.8 Å². The van der Waals surface area contributed by atoms with Crippen LogP contribution in [-0.2, 0) is 27.8 Å². The highest BCUT2D eigenvalue weighted by molar-refractivity contribution is 7.99. The number of carbonyl (C=O) groups is 2. The second kappa shape index (κ2) is 9.56. The molecule has 1 amide bonds. The highest BCUT2D eigenvalue weighted by Crippen LogP contribution is 2.24. The van der Waals surface area contributed by atoms with Crippen molar-refractivity contribution < 1.29 is 14.3 Å². The van der Waals surface area contributed by atoms with Crippen LogP contribution in [-0.4, -0.2) is 39.0 Å². The molecule has 2 aromatic carbocycles. The van der Waals surface area contributed by atoms with Gasteiger partial charge in [0.2, 0.25) is 5.91 Å². The molecule has 0 radical (unpaired) electrons. The molecular weight excluding hydrogens is 388 g/mol. The zero-order valence-electron chi connectivity index (χ0n) is 16.7. The van der Waals surface area contributed by atoms with Gasteiger partial charge in [0, 0.05) is 7.05 Å². The standard InChI is InChI=1S/C21H24N4O3S/c1-4-28-20(27)12-18-23-24-21(25(18)3)29-13-19(26)22-14(2)16-11-7-9-15-8-5-6-10-17(15)16/h5-11,14H,4,12-13H2,1-3H3,(H,22,26)/t14-/m0/s1. The van der Waals surface area contributed by atoms with Crippen LogP contribution in [0.1, 0.15) is 31.3 Å². The van der Waals surface area contributed by atoms with Gasteiger partial charge >= 0.3 is 5.97 Å². The first-order chi connectivity index (χ1) is 14.0.